The molecule has 0 aromatic rings. The van der Waals surface area contributed by atoms with E-state index >= 15 is 0 Å². The van der Waals surface area contributed by atoms with Crippen molar-refractivity contribution in [3.05, 3.63) is 24.3 Å². The number of hydrogen-bond donors (Lipinski definition) is 2. The zero-order valence-corrected chi connectivity index (χ0v) is 36.9. The van der Waals surface area contributed by atoms with Crippen molar-refractivity contribution in [3.8, 4) is 0 Å². The Morgan fingerprint density at radius 3 is 1.40 bits per heavy atom. The molecule has 5 N–H and O–H groups in total. The van der Waals surface area contributed by atoms with Gasteiger partial charge in [0, 0.05) is 87.2 Å². The number of nitrogens with two attached hydrogens (primary N) is 1. The minimum atomic E-state index is -2.78. The summed E-state index contributed by atoms with van der Waals surface area (Å²) in [5, 5.41) is 0.0717. The molecular formula is C30H44N6Na2O17S2-2. The van der Waals surface area contributed by atoms with Gasteiger partial charge < -0.3 is 43.7 Å². The second kappa shape index (κ2) is 31.7. The van der Waals surface area contributed by atoms with Gasteiger partial charge in [0.2, 0.25) is 17.7 Å². The molecule has 0 aromatic carbocycles. The number of rotatable bonds is 12. The predicted octanol–water partition coefficient (Wildman–Crippen LogP) is -8.28. The van der Waals surface area contributed by atoms with Gasteiger partial charge in [-0.2, -0.15) is 0 Å². The molecule has 0 saturated carbocycles. The van der Waals surface area contributed by atoms with E-state index in [1.807, 2.05) is 13.8 Å². The summed E-state index contributed by atoms with van der Waals surface area (Å²) in [6, 6.07) is 0. The third-order valence-electron chi connectivity index (χ3n) is 6.78. The summed E-state index contributed by atoms with van der Waals surface area (Å²) in [5.74, 6) is -5.69. The van der Waals surface area contributed by atoms with E-state index in [9.17, 15) is 64.8 Å². The average Bonchev–Trinajstić information content (AvgIpc) is 3.75. The first-order chi connectivity index (χ1) is 24.4. The molecule has 23 nitrogen and oxygen atoms in total. The van der Waals surface area contributed by atoms with Gasteiger partial charge in [-0.15, -0.1) is 5.06 Å². The Labute approximate surface area is 376 Å². The van der Waals surface area contributed by atoms with Crippen LogP contribution in [0.2, 0.25) is 0 Å². The van der Waals surface area contributed by atoms with Crippen molar-refractivity contribution in [2.24, 2.45) is 5.73 Å². The Kier molecular flexibility index (Phi) is 35.0. The van der Waals surface area contributed by atoms with E-state index in [0.717, 1.165) is 33.4 Å². The molecule has 9 amide bonds. The molecule has 2 saturated heterocycles. The molecule has 0 bridgehead atoms. The number of carbonyl (C=O) groups is 10. The van der Waals surface area contributed by atoms with Crippen LogP contribution in [0.15, 0.2) is 24.3 Å². The van der Waals surface area contributed by atoms with Crippen LogP contribution in [0.25, 0.3) is 0 Å². The number of nitrogens with zero attached hydrogens (tertiary/aromatic N) is 4. The number of hydroxylamine groups is 2. The fraction of sp³-hybridized carbons (Fsp3) is 0.533. The Morgan fingerprint density at radius 1 is 0.719 bits per heavy atom. The van der Waals surface area contributed by atoms with Gasteiger partial charge in [-0.25, -0.2) is 4.79 Å². The summed E-state index contributed by atoms with van der Waals surface area (Å²) >= 11 is 0. The van der Waals surface area contributed by atoms with Gasteiger partial charge in [-0.3, -0.25) is 57.9 Å². The topological polar surface area (TPSA) is 359 Å². The summed E-state index contributed by atoms with van der Waals surface area (Å²) in [4.78, 5) is 119. The fourth-order valence-electron chi connectivity index (χ4n) is 4.22. The molecule has 57 heavy (non-hydrogen) atoms. The Hall–Kier alpha value is -3.24. The predicted molar refractivity (Wildman–Crippen MR) is 184 cm³/mol. The molecular weight excluding hydrogens is 826 g/mol. The van der Waals surface area contributed by atoms with E-state index in [1.165, 1.54) is 19.2 Å². The first kappa shape index (κ1) is 62.9. The molecule has 2 fully saturated rings. The van der Waals surface area contributed by atoms with Gasteiger partial charge in [-0.05, 0) is 26.3 Å². The molecule has 2 unspecified atom stereocenters. The molecule has 0 aromatic heterocycles. The standard InChI is InChI=1S/C12H11N2O8S.C10H14N2O3.C5H6NO4S.C2H7N.CH4.2Na.2H2O/c15-8-3-4-9(16)13(8)5-1-2-11(18)22-14-10(17)6-7(12(14)19)23(20)21;1-2-11-8(13)4-3-7-12-9(14)5-6-10(12)15;1-6-4(7)2-3(5(6)8)11(9)10;1-2-3;;;;;/h3-4,7H,1-2,5-6H2;5-6H,2-4,7H2,1H3,(H,11,13);3H,2H2,1H3;2-3H2,1H3;1H4;;;2*1H2/q-1;;-1;;;2*+1;;/p-2. The summed E-state index contributed by atoms with van der Waals surface area (Å²) in [7, 11) is -3.98. The van der Waals surface area contributed by atoms with E-state index in [2.05, 4.69) is 10.2 Å². The van der Waals surface area contributed by atoms with Crippen LogP contribution in [-0.2, 0) is 91.0 Å². The van der Waals surface area contributed by atoms with Crippen LogP contribution < -0.4 is 70.2 Å². The monoisotopic (exact) mass is 870 g/mol. The zero-order valence-electron chi connectivity index (χ0n) is 31.2. The van der Waals surface area contributed by atoms with Gasteiger partial charge in [0.05, 0.1) is 0 Å². The zero-order chi connectivity index (χ0) is 39.7. The SMILES string of the molecule is C.CCN.CCNC(=O)CCCN1C(=O)C=CC1=O.CN1C(=O)CC([S-](=O)=O)C1=O.O=C(CCCN1C(=O)C=CC1=O)ON1C(=O)CC([S-](=O)=O)C1=O.[Na+].[Na+].[OH-].[OH-]. The molecule has 0 spiro atoms. The molecule has 4 rings (SSSR count). The van der Waals surface area contributed by atoms with Crippen LogP contribution in [0.5, 0.6) is 0 Å². The Balaban J connectivity index is -0.000000232. The van der Waals surface area contributed by atoms with Crippen LogP contribution in [-0.4, -0.2) is 134 Å². The van der Waals surface area contributed by atoms with Gasteiger partial charge in [0.25, 0.3) is 35.4 Å². The first-order valence-electron chi connectivity index (χ1n) is 15.5. The van der Waals surface area contributed by atoms with Crippen LogP contribution in [0.4, 0.5) is 0 Å². The second-order valence-corrected chi connectivity index (χ2v) is 12.8. The summed E-state index contributed by atoms with van der Waals surface area (Å²) < 4.78 is 42.1. The van der Waals surface area contributed by atoms with Gasteiger partial charge >= 0.3 is 65.1 Å². The van der Waals surface area contributed by atoms with Crippen molar-refractivity contribution in [1.29, 1.82) is 0 Å². The Bertz CT molecular complexity index is 1630. The molecule has 4 heterocycles. The summed E-state index contributed by atoms with van der Waals surface area (Å²) in [6.45, 7) is 5.38. The van der Waals surface area contributed by atoms with Crippen molar-refractivity contribution in [2.45, 2.75) is 70.3 Å². The van der Waals surface area contributed by atoms with Crippen LogP contribution in [0.1, 0.15) is 59.8 Å². The summed E-state index contributed by atoms with van der Waals surface area (Å²) in [5.41, 5.74) is 4.85. The van der Waals surface area contributed by atoms with Crippen molar-refractivity contribution >= 4 is 80.5 Å². The van der Waals surface area contributed by atoms with E-state index in [0.29, 0.717) is 25.9 Å². The molecule has 27 heteroatoms. The molecule has 0 radical (unpaired) electrons. The maximum atomic E-state index is 11.6. The van der Waals surface area contributed by atoms with Crippen molar-refractivity contribution in [1.82, 2.24) is 25.1 Å². The molecule has 4 aliphatic heterocycles. The third-order valence-corrected chi connectivity index (χ3v) is 8.45. The molecule has 4 aliphatic rings. The molecule has 312 valence electrons. The number of carbonyl (C=O) groups excluding carboxylic acids is 10. The average molecular weight is 871 g/mol. The first-order valence-corrected chi connectivity index (χ1v) is 17.8. The largest absolute Gasteiger partial charge is 1.00 e. The molecule has 0 aliphatic carbocycles. The number of amides is 9. The number of imide groups is 4. The number of nitrogens with one attached hydrogen (secondary N) is 1. The van der Waals surface area contributed by atoms with E-state index in [-0.39, 0.29) is 126 Å². The number of hydrogen-bond acceptors (Lipinski definition) is 20. The van der Waals surface area contributed by atoms with Crippen LogP contribution in [0, 0.1) is 0 Å². The maximum absolute atomic E-state index is 11.6. The normalized spacial score (nSPS) is 17.6. The van der Waals surface area contributed by atoms with Gasteiger partial charge in [0.15, 0.2) is 0 Å². The van der Waals surface area contributed by atoms with E-state index in [4.69, 9.17) is 5.73 Å². The maximum Gasteiger partial charge on any atom is 1.00 e. The Morgan fingerprint density at radius 2 is 1.09 bits per heavy atom. The van der Waals surface area contributed by atoms with E-state index in [1.54, 1.807) is 0 Å². The molecule has 2 atom stereocenters. The smallest absolute Gasteiger partial charge is 0.870 e. The van der Waals surface area contributed by atoms with Crippen LogP contribution >= 0.6 is 0 Å². The van der Waals surface area contributed by atoms with E-state index < -0.39 is 79.7 Å². The summed E-state index contributed by atoms with van der Waals surface area (Å²) in [6.07, 6.45) is 4.55. The van der Waals surface area contributed by atoms with Gasteiger partial charge in [0.1, 0.15) is 0 Å². The van der Waals surface area contributed by atoms with Crippen molar-refractivity contribution in [2.75, 3.05) is 33.2 Å². The quantitative estimate of drug-likeness (QED) is 0.104. The second-order valence-electron chi connectivity index (χ2n) is 10.6. The van der Waals surface area contributed by atoms with Crippen molar-refractivity contribution < 1.29 is 140 Å². The third kappa shape index (κ3) is 20.3. The number of likely N-dealkylation sites (tertiary alicyclic amines) is 1. The minimum Gasteiger partial charge on any atom is -0.870 e. The fourth-order valence-corrected chi connectivity index (χ4v) is 5.36. The minimum absolute atomic E-state index is 0. The van der Waals surface area contributed by atoms with Crippen molar-refractivity contribution in [3.63, 3.8) is 0 Å². The van der Waals surface area contributed by atoms with Crippen LogP contribution in [0.3, 0.4) is 0 Å². The van der Waals surface area contributed by atoms with Gasteiger partial charge in [-0.1, -0.05) is 35.8 Å².